The number of nitrogens with zero attached hydrogens (tertiary/aromatic N) is 1. The molecule has 19 heavy (non-hydrogen) atoms. The first-order chi connectivity index (χ1) is 9.24. The minimum Gasteiger partial charge on any atom is -0.497 e. The van der Waals surface area contributed by atoms with E-state index in [1.54, 1.807) is 13.3 Å². The van der Waals surface area contributed by atoms with Crippen molar-refractivity contribution in [2.24, 2.45) is 0 Å². The van der Waals surface area contributed by atoms with Crippen LogP contribution >= 0.6 is 0 Å². The van der Waals surface area contributed by atoms with Gasteiger partial charge in [0.1, 0.15) is 11.5 Å². The highest BCUT2D eigenvalue weighted by molar-refractivity contribution is 5.37. The van der Waals surface area contributed by atoms with Crippen LogP contribution in [-0.4, -0.2) is 19.1 Å². The van der Waals surface area contributed by atoms with Crippen molar-refractivity contribution < 1.29 is 9.47 Å². The van der Waals surface area contributed by atoms with Crippen molar-refractivity contribution in [3.8, 4) is 17.4 Å². The Morgan fingerprint density at radius 3 is 2.68 bits per heavy atom. The fourth-order valence-corrected chi connectivity index (χ4v) is 1.75. The Bertz CT molecular complexity index is 543. The lowest BCUT2D eigenvalue weighted by Crippen LogP contribution is -2.13. The van der Waals surface area contributed by atoms with E-state index < -0.39 is 0 Å². The Hall–Kier alpha value is -2.07. The molecule has 0 amide bonds. The SMILES string of the molecule is CNC(C)c1cccnc1Oc1cccc(OC)c1. The Morgan fingerprint density at radius 1 is 1.16 bits per heavy atom. The molecule has 0 radical (unpaired) electrons. The van der Waals surface area contributed by atoms with E-state index in [1.165, 1.54) is 0 Å². The molecule has 1 aromatic carbocycles. The molecular weight excluding hydrogens is 240 g/mol. The first-order valence-corrected chi connectivity index (χ1v) is 6.18. The van der Waals surface area contributed by atoms with Crippen LogP contribution in [0, 0.1) is 0 Å². The summed E-state index contributed by atoms with van der Waals surface area (Å²) < 4.78 is 11.0. The zero-order valence-corrected chi connectivity index (χ0v) is 11.4. The molecule has 0 aliphatic rings. The van der Waals surface area contributed by atoms with Gasteiger partial charge in [0.25, 0.3) is 0 Å². The topological polar surface area (TPSA) is 43.4 Å². The van der Waals surface area contributed by atoms with Gasteiger partial charge in [0.15, 0.2) is 0 Å². The minimum atomic E-state index is 0.175. The van der Waals surface area contributed by atoms with Gasteiger partial charge in [-0.25, -0.2) is 4.98 Å². The average molecular weight is 258 g/mol. The number of rotatable bonds is 5. The molecule has 1 heterocycles. The van der Waals surface area contributed by atoms with Crippen LogP contribution in [0.15, 0.2) is 42.6 Å². The number of hydrogen-bond acceptors (Lipinski definition) is 4. The predicted molar refractivity (Wildman–Crippen MR) is 74.8 cm³/mol. The van der Waals surface area contributed by atoms with Crippen LogP contribution < -0.4 is 14.8 Å². The monoisotopic (exact) mass is 258 g/mol. The Labute approximate surface area is 113 Å². The van der Waals surface area contributed by atoms with Gasteiger partial charge in [-0.05, 0) is 32.2 Å². The number of pyridine rings is 1. The molecule has 4 heteroatoms. The first kappa shape index (κ1) is 13.4. The van der Waals surface area contributed by atoms with Crippen LogP contribution in [0.4, 0.5) is 0 Å². The fraction of sp³-hybridized carbons (Fsp3) is 0.267. The number of ether oxygens (including phenoxy) is 2. The molecular formula is C15H18N2O2. The first-order valence-electron chi connectivity index (χ1n) is 6.18. The highest BCUT2D eigenvalue weighted by atomic mass is 16.5. The van der Waals surface area contributed by atoms with Gasteiger partial charge >= 0.3 is 0 Å². The molecule has 0 fully saturated rings. The van der Waals surface area contributed by atoms with Crippen molar-refractivity contribution in [2.75, 3.05) is 14.2 Å². The lowest BCUT2D eigenvalue weighted by Gasteiger charge is -2.15. The summed E-state index contributed by atoms with van der Waals surface area (Å²) in [6, 6.07) is 11.6. The Balaban J connectivity index is 2.27. The maximum absolute atomic E-state index is 5.84. The summed E-state index contributed by atoms with van der Waals surface area (Å²) in [5.41, 5.74) is 1.02. The van der Waals surface area contributed by atoms with Crippen molar-refractivity contribution in [3.05, 3.63) is 48.2 Å². The molecule has 1 aromatic heterocycles. The third-order valence-corrected chi connectivity index (χ3v) is 2.96. The third-order valence-electron chi connectivity index (χ3n) is 2.96. The highest BCUT2D eigenvalue weighted by Gasteiger charge is 2.11. The predicted octanol–water partition coefficient (Wildman–Crippen LogP) is 3.16. The van der Waals surface area contributed by atoms with Gasteiger partial charge < -0.3 is 14.8 Å². The molecule has 0 aliphatic carbocycles. The van der Waals surface area contributed by atoms with Gasteiger partial charge in [0.05, 0.1) is 7.11 Å². The summed E-state index contributed by atoms with van der Waals surface area (Å²) >= 11 is 0. The van der Waals surface area contributed by atoms with E-state index in [-0.39, 0.29) is 6.04 Å². The lowest BCUT2D eigenvalue weighted by molar-refractivity contribution is 0.405. The molecule has 100 valence electrons. The van der Waals surface area contributed by atoms with Crippen molar-refractivity contribution in [1.82, 2.24) is 10.3 Å². The molecule has 4 nitrogen and oxygen atoms in total. The molecule has 0 spiro atoms. The quantitative estimate of drug-likeness (QED) is 0.894. The van der Waals surface area contributed by atoms with Crippen molar-refractivity contribution in [3.63, 3.8) is 0 Å². The molecule has 0 saturated heterocycles. The lowest BCUT2D eigenvalue weighted by atomic mass is 10.1. The summed E-state index contributed by atoms with van der Waals surface area (Å²) in [7, 11) is 3.54. The molecule has 2 aromatic rings. The van der Waals surface area contributed by atoms with Crippen molar-refractivity contribution in [2.45, 2.75) is 13.0 Å². The summed E-state index contributed by atoms with van der Waals surface area (Å²) in [6.45, 7) is 2.06. The van der Waals surface area contributed by atoms with E-state index in [9.17, 15) is 0 Å². The largest absolute Gasteiger partial charge is 0.497 e. The molecule has 2 rings (SSSR count). The fourth-order valence-electron chi connectivity index (χ4n) is 1.75. The van der Waals surface area contributed by atoms with Crippen LogP contribution in [0.25, 0.3) is 0 Å². The molecule has 1 N–H and O–H groups in total. The van der Waals surface area contributed by atoms with Crippen LogP contribution in [0.2, 0.25) is 0 Å². The maximum Gasteiger partial charge on any atom is 0.223 e. The standard InChI is InChI=1S/C15H18N2O2/c1-11(16-2)14-8-5-9-17-15(14)19-13-7-4-6-12(10-13)18-3/h4-11,16H,1-3H3. The highest BCUT2D eigenvalue weighted by Crippen LogP contribution is 2.28. The second kappa shape index (κ2) is 6.20. The minimum absolute atomic E-state index is 0.175. The summed E-state index contributed by atoms with van der Waals surface area (Å²) in [6.07, 6.45) is 1.72. The third kappa shape index (κ3) is 3.23. The zero-order chi connectivity index (χ0) is 13.7. The molecule has 1 unspecified atom stereocenters. The van der Waals surface area contributed by atoms with Gasteiger partial charge in [-0.3, -0.25) is 0 Å². The average Bonchev–Trinajstić information content (AvgIpc) is 2.47. The van der Waals surface area contributed by atoms with Crippen molar-refractivity contribution >= 4 is 0 Å². The Kier molecular flexibility index (Phi) is 4.36. The normalized spacial score (nSPS) is 11.9. The number of aromatic nitrogens is 1. The Morgan fingerprint density at radius 2 is 1.95 bits per heavy atom. The number of hydrogen-bond donors (Lipinski definition) is 1. The molecule has 0 aliphatic heterocycles. The van der Waals surface area contributed by atoms with Gasteiger partial charge in [-0.15, -0.1) is 0 Å². The zero-order valence-electron chi connectivity index (χ0n) is 11.4. The smallest absolute Gasteiger partial charge is 0.223 e. The van der Waals surface area contributed by atoms with Crippen LogP contribution in [0.5, 0.6) is 17.4 Å². The number of benzene rings is 1. The maximum atomic E-state index is 5.84. The van der Waals surface area contributed by atoms with Gasteiger partial charge in [0.2, 0.25) is 5.88 Å². The summed E-state index contributed by atoms with van der Waals surface area (Å²) in [5.74, 6) is 2.08. The summed E-state index contributed by atoms with van der Waals surface area (Å²) in [5, 5.41) is 3.19. The van der Waals surface area contributed by atoms with Crippen molar-refractivity contribution in [1.29, 1.82) is 0 Å². The van der Waals surface area contributed by atoms with Crippen LogP contribution in [-0.2, 0) is 0 Å². The van der Waals surface area contributed by atoms with E-state index in [1.807, 2.05) is 43.4 Å². The van der Waals surface area contributed by atoms with Crippen LogP contribution in [0.3, 0.4) is 0 Å². The van der Waals surface area contributed by atoms with Gasteiger partial charge in [0, 0.05) is 23.9 Å². The second-order valence-corrected chi connectivity index (χ2v) is 4.19. The van der Waals surface area contributed by atoms with E-state index in [4.69, 9.17) is 9.47 Å². The molecule has 1 atom stereocenters. The second-order valence-electron chi connectivity index (χ2n) is 4.19. The molecule has 0 saturated carbocycles. The van der Waals surface area contributed by atoms with E-state index >= 15 is 0 Å². The number of nitrogens with one attached hydrogen (secondary N) is 1. The number of methoxy groups -OCH3 is 1. The van der Waals surface area contributed by atoms with E-state index in [2.05, 4.69) is 17.2 Å². The molecule has 0 bridgehead atoms. The van der Waals surface area contributed by atoms with Gasteiger partial charge in [-0.2, -0.15) is 0 Å². The van der Waals surface area contributed by atoms with E-state index in [0.29, 0.717) is 11.6 Å². The van der Waals surface area contributed by atoms with Crippen LogP contribution in [0.1, 0.15) is 18.5 Å². The van der Waals surface area contributed by atoms with Gasteiger partial charge in [-0.1, -0.05) is 12.1 Å². The summed E-state index contributed by atoms with van der Waals surface area (Å²) in [4.78, 5) is 4.30. The van der Waals surface area contributed by atoms with E-state index in [0.717, 1.165) is 11.3 Å².